The zero-order chi connectivity index (χ0) is 12.2. The lowest BCUT2D eigenvalue weighted by atomic mass is 10.2. The predicted molar refractivity (Wildman–Crippen MR) is 73.3 cm³/mol. The number of hydrogen-bond acceptors (Lipinski definition) is 2. The van der Waals surface area contributed by atoms with Crippen LogP contribution in [0.2, 0.25) is 0 Å². The average Bonchev–Trinajstić information content (AvgIpc) is 2.94. The quantitative estimate of drug-likeness (QED) is 0.751. The Bertz CT molecular complexity index is 615. The summed E-state index contributed by atoms with van der Waals surface area (Å²) >= 11 is 0. The van der Waals surface area contributed by atoms with E-state index in [9.17, 15) is 0 Å². The molecule has 0 saturated heterocycles. The molecule has 1 N–H and O–H groups in total. The Morgan fingerprint density at radius 1 is 0.833 bits per heavy atom. The number of aromatic nitrogens is 2. The van der Waals surface area contributed by atoms with Crippen molar-refractivity contribution in [3.8, 4) is 5.69 Å². The van der Waals surface area contributed by atoms with Crippen LogP contribution in [0.1, 0.15) is 0 Å². The van der Waals surface area contributed by atoms with Crippen LogP contribution in [0.4, 0.5) is 11.4 Å². The van der Waals surface area contributed by atoms with Crippen LogP contribution in [-0.2, 0) is 0 Å². The fraction of sp³-hybridized carbons (Fsp3) is 0. The second-order valence-corrected chi connectivity index (χ2v) is 3.96. The van der Waals surface area contributed by atoms with E-state index in [0.29, 0.717) is 0 Å². The number of hydrogen-bond donors (Lipinski definition) is 1. The third-order valence-electron chi connectivity index (χ3n) is 2.71. The van der Waals surface area contributed by atoms with E-state index in [1.807, 2.05) is 71.5 Å². The van der Waals surface area contributed by atoms with E-state index >= 15 is 0 Å². The molecule has 3 rings (SSSR count). The van der Waals surface area contributed by atoms with Gasteiger partial charge in [0.15, 0.2) is 0 Å². The number of anilines is 2. The molecule has 0 unspecified atom stereocenters. The van der Waals surface area contributed by atoms with E-state index < -0.39 is 0 Å². The van der Waals surface area contributed by atoms with Gasteiger partial charge < -0.3 is 5.32 Å². The van der Waals surface area contributed by atoms with Gasteiger partial charge in [0.05, 0.1) is 11.4 Å². The zero-order valence-corrected chi connectivity index (χ0v) is 9.82. The molecule has 0 radical (unpaired) electrons. The van der Waals surface area contributed by atoms with Crippen molar-refractivity contribution >= 4 is 11.4 Å². The van der Waals surface area contributed by atoms with Gasteiger partial charge in [-0.25, -0.2) is 4.68 Å². The third kappa shape index (κ3) is 2.11. The van der Waals surface area contributed by atoms with E-state index in [1.54, 1.807) is 6.20 Å². The maximum Gasteiger partial charge on any atom is 0.0880 e. The van der Waals surface area contributed by atoms with E-state index in [2.05, 4.69) is 10.4 Å². The molecule has 88 valence electrons. The molecule has 18 heavy (non-hydrogen) atoms. The number of nitrogens with one attached hydrogen (secondary N) is 1. The second-order valence-electron chi connectivity index (χ2n) is 3.96. The van der Waals surface area contributed by atoms with Crippen molar-refractivity contribution in [3.63, 3.8) is 0 Å². The number of para-hydroxylation sites is 3. The van der Waals surface area contributed by atoms with Gasteiger partial charge in [-0.15, -0.1) is 0 Å². The summed E-state index contributed by atoms with van der Waals surface area (Å²) < 4.78 is 1.85. The van der Waals surface area contributed by atoms with Crippen LogP contribution in [0.15, 0.2) is 73.1 Å². The maximum atomic E-state index is 4.27. The minimum atomic E-state index is 1.03. The molecule has 0 aliphatic heterocycles. The minimum absolute atomic E-state index is 1.03. The van der Waals surface area contributed by atoms with Crippen molar-refractivity contribution in [1.29, 1.82) is 0 Å². The molecule has 0 atom stereocenters. The Hall–Kier alpha value is -2.55. The van der Waals surface area contributed by atoms with E-state index in [0.717, 1.165) is 17.1 Å². The van der Waals surface area contributed by atoms with Crippen molar-refractivity contribution < 1.29 is 0 Å². The van der Waals surface area contributed by atoms with Crippen LogP contribution in [0.3, 0.4) is 0 Å². The molecule has 3 heteroatoms. The van der Waals surface area contributed by atoms with Crippen LogP contribution >= 0.6 is 0 Å². The smallest absolute Gasteiger partial charge is 0.0880 e. The van der Waals surface area contributed by atoms with Gasteiger partial charge in [-0.3, -0.25) is 0 Å². The monoisotopic (exact) mass is 235 g/mol. The maximum absolute atomic E-state index is 4.27. The highest BCUT2D eigenvalue weighted by atomic mass is 15.3. The first kappa shape index (κ1) is 10.6. The third-order valence-corrected chi connectivity index (χ3v) is 2.71. The highest BCUT2D eigenvalue weighted by Crippen LogP contribution is 2.23. The van der Waals surface area contributed by atoms with Crippen molar-refractivity contribution in [1.82, 2.24) is 9.78 Å². The Balaban J connectivity index is 1.98. The molecule has 3 aromatic rings. The lowest BCUT2D eigenvalue weighted by Crippen LogP contribution is -2.00. The molecule has 1 heterocycles. The van der Waals surface area contributed by atoms with Gasteiger partial charge in [0.2, 0.25) is 0 Å². The molecule has 0 bridgehead atoms. The number of benzene rings is 2. The van der Waals surface area contributed by atoms with E-state index in [4.69, 9.17) is 0 Å². The lowest BCUT2D eigenvalue weighted by molar-refractivity contribution is 0.882. The van der Waals surface area contributed by atoms with Crippen molar-refractivity contribution in [2.45, 2.75) is 0 Å². The normalized spacial score (nSPS) is 10.2. The Morgan fingerprint density at radius 2 is 1.61 bits per heavy atom. The summed E-state index contributed by atoms with van der Waals surface area (Å²) in [5, 5.41) is 7.67. The Morgan fingerprint density at radius 3 is 2.39 bits per heavy atom. The standard InChI is InChI=1S/C15H13N3/c1-2-7-13(8-3-1)17-14-9-4-5-10-15(14)18-12-6-11-16-18/h1-12,17H. The predicted octanol–water partition coefficient (Wildman–Crippen LogP) is 3.62. The fourth-order valence-corrected chi connectivity index (χ4v) is 1.87. The first-order valence-electron chi connectivity index (χ1n) is 5.84. The zero-order valence-electron chi connectivity index (χ0n) is 9.82. The van der Waals surface area contributed by atoms with Gasteiger partial charge in [-0.2, -0.15) is 5.10 Å². The van der Waals surface area contributed by atoms with Crippen molar-refractivity contribution in [3.05, 3.63) is 73.1 Å². The summed E-state index contributed by atoms with van der Waals surface area (Å²) in [6.07, 6.45) is 3.71. The molecule has 0 spiro atoms. The molecule has 0 amide bonds. The summed E-state index contributed by atoms with van der Waals surface area (Å²) in [5.41, 5.74) is 3.14. The molecular weight excluding hydrogens is 222 g/mol. The highest BCUT2D eigenvalue weighted by Gasteiger charge is 2.03. The fourth-order valence-electron chi connectivity index (χ4n) is 1.87. The van der Waals surface area contributed by atoms with Gasteiger partial charge in [-0.1, -0.05) is 30.3 Å². The van der Waals surface area contributed by atoms with Crippen molar-refractivity contribution in [2.24, 2.45) is 0 Å². The summed E-state index contributed by atoms with van der Waals surface area (Å²) in [6, 6.07) is 20.1. The summed E-state index contributed by atoms with van der Waals surface area (Å²) in [7, 11) is 0. The topological polar surface area (TPSA) is 29.9 Å². The van der Waals surface area contributed by atoms with E-state index in [-0.39, 0.29) is 0 Å². The molecule has 0 aliphatic carbocycles. The number of nitrogens with zero attached hydrogens (tertiary/aromatic N) is 2. The lowest BCUT2D eigenvalue weighted by Gasteiger charge is -2.11. The molecule has 1 aromatic heterocycles. The minimum Gasteiger partial charge on any atom is -0.354 e. The summed E-state index contributed by atoms with van der Waals surface area (Å²) in [4.78, 5) is 0. The van der Waals surface area contributed by atoms with Crippen molar-refractivity contribution in [2.75, 3.05) is 5.32 Å². The first-order chi connectivity index (χ1) is 8.93. The van der Waals surface area contributed by atoms with Crippen LogP contribution in [0.5, 0.6) is 0 Å². The van der Waals surface area contributed by atoms with Gasteiger partial charge in [0.1, 0.15) is 0 Å². The SMILES string of the molecule is c1ccc(Nc2ccccc2-n2cccn2)cc1. The Kier molecular flexibility index (Phi) is 2.80. The summed E-state index contributed by atoms with van der Waals surface area (Å²) in [6.45, 7) is 0. The number of rotatable bonds is 3. The van der Waals surface area contributed by atoms with Gasteiger partial charge in [-0.05, 0) is 30.3 Å². The first-order valence-corrected chi connectivity index (χ1v) is 5.84. The summed E-state index contributed by atoms with van der Waals surface area (Å²) in [5.74, 6) is 0. The second kappa shape index (κ2) is 4.75. The van der Waals surface area contributed by atoms with Crippen LogP contribution < -0.4 is 5.32 Å². The molecule has 0 fully saturated rings. The van der Waals surface area contributed by atoms with Gasteiger partial charge in [0.25, 0.3) is 0 Å². The molecule has 0 aliphatic rings. The average molecular weight is 235 g/mol. The van der Waals surface area contributed by atoms with Crippen LogP contribution in [-0.4, -0.2) is 9.78 Å². The highest BCUT2D eigenvalue weighted by molar-refractivity contribution is 5.68. The van der Waals surface area contributed by atoms with Crippen LogP contribution in [0.25, 0.3) is 5.69 Å². The molecular formula is C15H13N3. The van der Waals surface area contributed by atoms with Crippen LogP contribution in [0, 0.1) is 0 Å². The van der Waals surface area contributed by atoms with Gasteiger partial charge in [0, 0.05) is 18.1 Å². The van der Waals surface area contributed by atoms with E-state index in [1.165, 1.54) is 0 Å². The van der Waals surface area contributed by atoms with Gasteiger partial charge >= 0.3 is 0 Å². The Labute approximate surface area is 106 Å². The molecule has 0 saturated carbocycles. The molecule has 2 aromatic carbocycles. The largest absolute Gasteiger partial charge is 0.354 e. The molecule has 3 nitrogen and oxygen atoms in total.